The highest BCUT2D eigenvalue weighted by Gasteiger charge is 2.25. The first kappa shape index (κ1) is 15.6. The van der Waals surface area contributed by atoms with Gasteiger partial charge < -0.3 is 10.1 Å². The van der Waals surface area contributed by atoms with Crippen LogP contribution < -0.4 is 10.1 Å². The highest BCUT2D eigenvalue weighted by atomic mass is 16.5. The van der Waals surface area contributed by atoms with Crippen molar-refractivity contribution in [3.05, 3.63) is 29.3 Å². The van der Waals surface area contributed by atoms with E-state index in [1.165, 1.54) is 0 Å². The number of nitrogens with zero attached hydrogens (tertiary/aromatic N) is 4. The molecule has 0 aromatic carbocycles. The van der Waals surface area contributed by atoms with Crippen LogP contribution in [-0.4, -0.2) is 33.7 Å². The van der Waals surface area contributed by atoms with Gasteiger partial charge in [0.1, 0.15) is 5.69 Å². The van der Waals surface area contributed by atoms with E-state index in [9.17, 15) is 0 Å². The second kappa shape index (κ2) is 6.76. The molecular formula is C15H25N5O. The summed E-state index contributed by atoms with van der Waals surface area (Å²) < 4.78 is 9.55. The van der Waals surface area contributed by atoms with Gasteiger partial charge in [-0.25, -0.2) is 0 Å². The predicted octanol–water partition coefficient (Wildman–Crippen LogP) is 2.14. The van der Waals surface area contributed by atoms with Crippen molar-refractivity contribution in [2.75, 3.05) is 14.2 Å². The number of ether oxygens (including phenoxy) is 1. The van der Waals surface area contributed by atoms with Gasteiger partial charge in [0.25, 0.3) is 0 Å². The SMILES string of the molecule is CCCn1ncc(OC)c1C(NC)c1cc(C)nn1CC. The van der Waals surface area contributed by atoms with Crippen molar-refractivity contribution in [2.45, 2.75) is 46.3 Å². The minimum absolute atomic E-state index is 0.00940. The van der Waals surface area contributed by atoms with Crippen molar-refractivity contribution >= 4 is 0 Å². The van der Waals surface area contributed by atoms with Gasteiger partial charge in [-0.05, 0) is 33.4 Å². The van der Waals surface area contributed by atoms with E-state index in [0.717, 1.165) is 42.3 Å². The smallest absolute Gasteiger partial charge is 0.161 e. The van der Waals surface area contributed by atoms with E-state index in [4.69, 9.17) is 4.74 Å². The zero-order chi connectivity index (χ0) is 15.4. The summed E-state index contributed by atoms with van der Waals surface area (Å²) in [5.74, 6) is 0.810. The molecule has 1 atom stereocenters. The van der Waals surface area contributed by atoms with E-state index in [-0.39, 0.29) is 6.04 Å². The predicted molar refractivity (Wildman–Crippen MR) is 82.6 cm³/mol. The van der Waals surface area contributed by atoms with E-state index >= 15 is 0 Å². The molecule has 116 valence electrons. The fraction of sp³-hybridized carbons (Fsp3) is 0.600. The summed E-state index contributed by atoms with van der Waals surface area (Å²) >= 11 is 0. The fourth-order valence-electron chi connectivity index (χ4n) is 2.69. The zero-order valence-electron chi connectivity index (χ0n) is 13.6. The first-order chi connectivity index (χ1) is 10.2. The zero-order valence-corrected chi connectivity index (χ0v) is 13.6. The van der Waals surface area contributed by atoms with Crippen molar-refractivity contribution < 1.29 is 4.74 Å². The summed E-state index contributed by atoms with van der Waals surface area (Å²) in [6, 6.07) is 2.13. The van der Waals surface area contributed by atoms with Gasteiger partial charge in [-0.3, -0.25) is 9.36 Å². The lowest BCUT2D eigenvalue weighted by Gasteiger charge is -2.20. The van der Waals surface area contributed by atoms with Crippen molar-refractivity contribution in [3.8, 4) is 5.75 Å². The molecule has 0 radical (unpaired) electrons. The molecule has 0 saturated carbocycles. The third-order valence-electron chi connectivity index (χ3n) is 3.59. The summed E-state index contributed by atoms with van der Waals surface area (Å²) in [6.45, 7) is 7.97. The van der Waals surface area contributed by atoms with Crippen LogP contribution in [0.4, 0.5) is 0 Å². The maximum absolute atomic E-state index is 5.50. The van der Waals surface area contributed by atoms with Gasteiger partial charge in [-0.1, -0.05) is 6.92 Å². The summed E-state index contributed by atoms with van der Waals surface area (Å²) in [4.78, 5) is 0. The Balaban J connectivity index is 2.52. The highest BCUT2D eigenvalue weighted by molar-refractivity contribution is 5.34. The Morgan fingerprint density at radius 2 is 2.10 bits per heavy atom. The van der Waals surface area contributed by atoms with Crippen molar-refractivity contribution in [3.63, 3.8) is 0 Å². The molecule has 6 heteroatoms. The minimum atomic E-state index is 0.00940. The normalized spacial score (nSPS) is 12.6. The largest absolute Gasteiger partial charge is 0.493 e. The van der Waals surface area contributed by atoms with Gasteiger partial charge in [-0.2, -0.15) is 10.2 Å². The van der Waals surface area contributed by atoms with Crippen LogP contribution in [0.15, 0.2) is 12.3 Å². The van der Waals surface area contributed by atoms with Crippen LogP contribution in [0.2, 0.25) is 0 Å². The molecule has 21 heavy (non-hydrogen) atoms. The lowest BCUT2D eigenvalue weighted by molar-refractivity contribution is 0.397. The second-order valence-corrected chi connectivity index (χ2v) is 5.07. The van der Waals surface area contributed by atoms with Crippen LogP contribution in [0.1, 0.15) is 43.4 Å². The molecule has 2 rings (SSSR count). The third kappa shape index (κ3) is 2.95. The molecule has 2 aromatic rings. The standard InChI is InChI=1S/C15H25N5O/c1-6-8-20-15(13(21-5)10-17-20)14(16-4)12-9-11(3)18-19(12)7-2/h9-10,14,16H,6-8H2,1-5H3. The number of aryl methyl sites for hydroxylation is 3. The van der Waals surface area contributed by atoms with Crippen LogP contribution in [0, 0.1) is 6.92 Å². The topological polar surface area (TPSA) is 56.9 Å². The molecule has 0 spiro atoms. The molecule has 6 nitrogen and oxygen atoms in total. The molecule has 1 unspecified atom stereocenters. The van der Waals surface area contributed by atoms with E-state index in [1.807, 2.05) is 23.3 Å². The summed E-state index contributed by atoms with van der Waals surface area (Å²) in [5.41, 5.74) is 3.21. The van der Waals surface area contributed by atoms with Crippen LogP contribution in [0.3, 0.4) is 0 Å². The molecule has 1 N–H and O–H groups in total. The number of aromatic nitrogens is 4. The quantitative estimate of drug-likeness (QED) is 0.849. The summed E-state index contributed by atoms with van der Waals surface area (Å²) in [5, 5.41) is 12.4. The Labute approximate surface area is 126 Å². The number of hydrogen-bond donors (Lipinski definition) is 1. The van der Waals surface area contributed by atoms with Gasteiger partial charge in [0.15, 0.2) is 5.75 Å². The Hall–Kier alpha value is -1.82. The third-order valence-corrected chi connectivity index (χ3v) is 3.59. The van der Waals surface area contributed by atoms with Crippen molar-refractivity contribution in [1.29, 1.82) is 0 Å². The Bertz CT molecular complexity index is 587. The number of rotatable bonds is 7. The molecule has 0 saturated heterocycles. The lowest BCUT2D eigenvalue weighted by atomic mass is 10.1. The van der Waals surface area contributed by atoms with E-state index in [2.05, 4.69) is 35.4 Å². The Morgan fingerprint density at radius 1 is 1.33 bits per heavy atom. The maximum Gasteiger partial charge on any atom is 0.161 e. The summed E-state index contributed by atoms with van der Waals surface area (Å²) in [6.07, 6.45) is 2.81. The molecule has 0 aliphatic rings. The first-order valence-corrected chi connectivity index (χ1v) is 7.47. The molecule has 0 aliphatic heterocycles. The molecule has 0 bridgehead atoms. The Morgan fingerprint density at radius 3 is 2.67 bits per heavy atom. The maximum atomic E-state index is 5.50. The fourth-order valence-corrected chi connectivity index (χ4v) is 2.69. The van der Waals surface area contributed by atoms with Gasteiger partial charge in [0.2, 0.25) is 0 Å². The van der Waals surface area contributed by atoms with Gasteiger partial charge >= 0.3 is 0 Å². The van der Waals surface area contributed by atoms with E-state index in [1.54, 1.807) is 13.3 Å². The van der Waals surface area contributed by atoms with E-state index in [0.29, 0.717) is 0 Å². The first-order valence-electron chi connectivity index (χ1n) is 7.47. The molecule has 0 aliphatic carbocycles. The van der Waals surface area contributed by atoms with Crippen molar-refractivity contribution in [1.82, 2.24) is 24.9 Å². The van der Waals surface area contributed by atoms with E-state index < -0.39 is 0 Å². The van der Waals surface area contributed by atoms with Gasteiger partial charge in [-0.15, -0.1) is 0 Å². The molecule has 0 amide bonds. The number of methoxy groups -OCH3 is 1. The molecule has 2 aromatic heterocycles. The Kier molecular flexibility index (Phi) is 5.01. The van der Waals surface area contributed by atoms with Crippen LogP contribution in [0.5, 0.6) is 5.75 Å². The number of nitrogens with one attached hydrogen (secondary N) is 1. The minimum Gasteiger partial charge on any atom is -0.493 e. The van der Waals surface area contributed by atoms with Crippen molar-refractivity contribution in [2.24, 2.45) is 0 Å². The lowest BCUT2D eigenvalue weighted by Crippen LogP contribution is -2.25. The van der Waals surface area contributed by atoms with Gasteiger partial charge in [0.05, 0.1) is 30.7 Å². The highest BCUT2D eigenvalue weighted by Crippen LogP contribution is 2.30. The molecular weight excluding hydrogens is 266 g/mol. The van der Waals surface area contributed by atoms with Crippen LogP contribution >= 0.6 is 0 Å². The van der Waals surface area contributed by atoms with Crippen LogP contribution in [-0.2, 0) is 13.1 Å². The van der Waals surface area contributed by atoms with Crippen LogP contribution in [0.25, 0.3) is 0 Å². The average molecular weight is 291 g/mol. The molecule has 0 fully saturated rings. The summed E-state index contributed by atoms with van der Waals surface area (Å²) in [7, 11) is 3.64. The number of hydrogen-bond acceptors (Lipinski definition) is 4. The molecule has 2 heterocycles. The van der Waals surface area contributed by atoms with Gasteiger partial charge in [0, 0.05) is 13.1 Å². The second-order valence-electron chi connectivity index (χ2n) is 5.07. The average Bonchev–Trinajstić information content (AvgIpc) is 3.05. The monoisotopic (exact) mass is 291 g/mol.